The minimum atomic E-state index is -0.472. The van der Waals surface area contributed by atoms with Crippen LogP contribution in [0.2, 0.25) is 0 Å². The van der Waals surface area contributed by atoms with Gasteiger partial charge < -0.3 is 9.80 Å². The van der Waals surface area contributed by atoms with Crippen LogP contribution in [-0.4, -0.2) is 58.5 Å². The Morgan fingerprint density at radius 3 is 2.25 bits per heavy atom. The summed E-state index contributed by atoms with van der Waals surface area (Å²) in [6, 6.07) is 16.2. The molecule has 0 atom stereocenters. The van der Waals surface area contributed by atoms with Crippen molar-refractivity contribution >= 4 is 41.0 Å². The van der Waals surface area contributed by atoms with Crippen molar-refractivity contribution in [1.82, 2.24) is 9.80 Å². The monoisotopic (exact) mass is 418 g/mol. The SMILES string of the molecule is Cl.O=C(c1ccccc1F)N1CCN(C2=NN=C(c3ccccc3)CS2)CC1. The fourth-order valence-corrected chi connectivity index (χ4v) is 4.08. The van der Waals surface area contributed by atoms with Crippen molar-refractivity contribution in [1.29, 1.82) is 0 Å². The molecule has 0 radical (unpaired) electrons. The van der Waals surface area contributed by atoms with E-state index in [4.69, 9.17) is 0 Å². The summed E-state index contributed by atoms with van der Waals surface area (Å²) in [7, 11) is 0. The molecule has 2 aliphatic rings. The highest BCUT2D eigenvalue weighted by Crippen LogP contribution is 2.20. The maximum absolute atomic E-state index is 13.8. The molecule has 1 amide bonds. The summed E-state index contributed by atoms with van der Waals surface area (Å²) in [5.74, 6) is 0.0484. The average Bonchev–Trinajstić information content (AvgIpc) is 2.74. The van der Waals surface area contributed by atoms with Crippen LogP contribution in [0.5, 0.6) is 0 Å². The molecule has 8 heteroatoms. The minimum absolute atomic E-state index is 0. The second-order valence-corrected chi connectivity index (χ2v) is 7.29. The van der Waals surface area contributed by atoms with Crippen molar-refractivity contribution < 1.29 is 9.18 Å². The van der Waals surface area contributed by atoms with Crippen LogP contribution >= 0.6 is 24.2 Å². The Hall–Kier alpha value is -2.38. The zero-order chi connectivity index (χ0) is 18.6. The van der Waals surface area contributed by atoms with Crippen molar-refractivity contribution in [3.63, 3.8) is 0 Å². The van der Waals surface area contributed by atoms with Gasteiger partial charge in [-0.25, -0.2) is 4.39 Å². The van der Waals surface area contributed by atoms with Crippen LogP contribution < -0.4 is 0 Å². The summed E-state index contributed by atoms with van der Waals surface area (Å²) in [6.45, 7) is 2.43. The van der Waals surface area contributed by atoms with E-state index >= 15 is 0 Å². The molecule has 0 aliphatic carbocycles. The van der Waals surface area contributed by atoms with Gasteiger partial charge in [-0.05, 0) is 17.7 Å². The van der Waals surface area contributed by atoms with E-state index in [1.54, 1.807) is 28.8 Å². The smallest absolute Gasteiger partial charge is 0.256 e. The second kappa shape index (κ2) is 9.21. The highest BCUT2D eigenvalue weighted by molar-refractivity contribution is 8.14. The molecule has 1 fully saturated rings. The third-order valence-electron chi connectivity index (χ3n) is 4.64. The van der Waals surface area contributed by atoms with Crippen molar-refractivity contribution in [3.8, 4) is 0 Å². The number of piperazine rings is 1. The third kappa shape index (κ3) is 4.36. The van der Waals surface area contributed by atoms with Crippen LogP contribution in [0.25, 0.3) is 0 Å². The average molecular weight is 419 g/mol. The molecule has 0 unspecified atom stereocenters. The van der Waals surface area contributed by atoms with Gasteiger partial charge in [0, 0.05) is 31.9 Å². The molecule has 0 aromatic heterocycles. The molecule has 0 spiro atoms. The van der Waals surface area contributed by atoms with Gasteiger partial charge in [0.05, 0.1) is 11.3 Å². The molecule has 28 heavy (non-hydrogen) atoms. The Bertz CT molecular complexity index is 898. The minimum Gasteiger partial charge on any atom is -0.346 e. The van der Waals surface area contributed by atoms with Gasteiger partial charge in [-0.2, -0.15) is 5.10 Å². The first-order valence-electron chi connectivity index (χ1n) is 8.84. The van der Waals surface area contributed by atoms with Gasteiger partial charge in [0.1, 0.15) is 5.82 Å². The van der Waals surface area contributed by atoms with E-state index in [2.05, 4.69) is 15.1 Å². The summed E-state index contributed by atoms with van der Waals surface area (Å²) < 4.78 is 13.8. The molecule has 1 saturated heterocycles. The van der Waals surface area contributed by atoms with E-state index in [1.807, 2.05) is 30.3 Å². The highest BCUT2D eigenvalue weighted by atomic mass is 35.5. The van der Waals surface area contributed by atoms with Gasteiger partial charge >= 0.3 is 0 Å². The molecule has 2 aromatic rings. The second-order valence-electron chi connectivity index (χ2n) is 6.34. The van der Waals surface area contributed by atoms with E-state index in [0.717, 1.165) is 22.2 Å². The number of nitrogens with zero attached hydrogens (tertiary/aromatic N) is 4. The van der Waals surface area contributed by atoms with Gasteiger partial charge in [0.2, 0.25) is 0 Å². The lowest BCUT2D eigenvalue weighted by molar-refractivity contribution is 0.0689. The molecule has 146 valence electrons. The summed E-state index contributed by atoms with van der Waals surface area (Å²) >= 11 is 1.66. The van der Waals surface area contributed by atoms with Crippen LogP contribution in [0.4, 0.5) is 4.39 Å². The normalized spacial score (nSPS) is 16.8. The molecule has 4 rings (SSSR count). The molecule has 2 aliphatic heterocycles. The number of rotatable bonds is 2. The van der Waals surface area contributed by atoms with Gasteiger partial charge in [-0.1, -0.05) is 54.2 Å². The molecule has 2 heterocycles. The number of carbonyl (C=O) groups excluding carboxylic acids is 1. The van der Waals surface area contributed by atoms with Crippen LogP contribution in [0.1, 0.15) is 15.9 Å². The standard InChI is InChI=1S/C20H19FN4OS.ClH/c21-17-9-5-4-8-16(17)19(26)24-10-12-25(13-11-24)20-23-22-18(14-27-20)15-6-2-1-3-7-15;/h1-9H,10-14H2;1H. The molecule has 2 aromatic carbocycles. The maximum Gasteiger partial charge on any atom is 0.256 e. The van der Waals surface area contributed by atoms with Gasteiger partial charge in [-0.3, -0.25) is 4.79 Å². The lowest BCUT2D eigenvalue weighted by Gasteiger charge is -2.36. The van der Waals surface area contributed by atoms with E-state index < -0.39 is 5.82 Å². The molecular weight excluding hydrogens is 399 g/mol. The zero-order valence-corrected chi connectivity index (χ0v) is 16.8. The van der Waals surface area contributed by atoms with Crippen molar-refractivity contribution in [3.05, 3.63) is 71.5 Å². The largest absolute Gasteiger partial charge is 0.346 e. The molecule has 0 saturated carbocycles. The van der Waals surface area contributed by atoms with Crippen LogP contribution in [0.15, 0.2) is 64.8 Å². The highest BCUT2D eigenvalue weighted by Gasteiger charge is 2.26. The number of amides is 1. The van der Waals surface area contributed by atoms with Crippen molar-refractivity contribution in [2.45, 2.75) is 0 Å². The third-order valence-corrected chi connectivity index (χ3v) is 5.66. The molecule has 0 N–H and O–H groups in total. The number of amidine groups is 1. The van der Waals surface area contributed by atoms with Gasteiger partial charge in [-0.15, -0.1) is 17.5 Å². The molecule has 5 nitrogen and oxygen atoms in total. The van der Waals surface area contributed by atoms with E-state index in [1.165, 1.54) is 12.1 Å². The maximum atomic E-state index is 13.8. The molecular formula is C20H20ClFN4OS. The Balaban J connectivity index is 0.00000225. The lowest BCUT2D eigenvalue weighted by Crippen LogP contribution is -2.50. The summed E-state index contributed by atoms with van der Waals surface area (Å²) in [4.78, 5) is 16.3. The summed E-state index contributed by atoms with van der Waals surface area (Å²) in [5.41, 5.74) is 2.19. The summed E-state index contributed by atoms with van der Waals surface area (Å²) in [6.07, 6.45) is 0. The van der Waals surface area contributed by atoms with Gasteiger partial charge in [0.15, 0.2) is 5.17 Å². The first-order valence-corrected chi connectivity index (χ1v) is 9.82. The zero-order valence-electron chi connectivity index (χ0n) is 15.1. The van der Waals surface area contributed by atoms with Crippen molar-refractivity contribution in [2.24, 2.45) is 10.2 Å². The first-order chi connectivity index (χ1) is 13.2. The Morgan fingerprint density at radius 2 is 1.61 bits per heavy atom. The molecule has 0 bridgehead atoms. The van der Waals surface area contributed by atoms with Crippen LogP contribution in [0.3, 0.4) is 0 Å². The van der Waals surface area contributed by atoms with E-state index in [-0.39, 0.29) is 23.9 Å². The van der Waals surface area contributed by atoms with E-state index in [0.29, 0.717) is 26.2 Å². The first kappa shape index (κ1) is 20.4. The predicted molar refractivity (Wildman–Crippen MR) is 114 cm³/mol. The Labute approximate surface area is 173 Å². The fourth-order valence-electron chi connectivity index (χ4n) is 3.13. The topological polar surface area (TPSA) is 48.3 Å². The predicted octanol–water partition coefficient (Wildman–Crippen LogP) is 3.51. The van der Waals surface area contributed by atoms with Crippen molar-refractivity contribution in [2.75, 3.05) is 31.9 Å². The number of halogens is 2. The fraction of sp³-hybridized carbons (Fsp3) is 0.250. The number of thioether (sulfide) groups is 1. The lowest BCUT2D eigenvalue weighted by atomic mass is 10.1. The number of benzene rings is 2. The quantitative estimate of drug-likeness (QED) is 0.749. The number of hydrogen-bond acceptors (Lipinski definition) is 5. The number of hydrogen-bond donors (Lipinski definition) is 0. The Kier molecular flexibility index (Phi) is 6.70. The number of carbonyl (C=O) groups is 1. The van der Waals surface area contributed by atoms with Crippen LogP contribution in [0, 0.1) is 5.82 Å². The summed E-state index contributed by atoms with van der Waals surface area (Å²) in [5, 5.41) is 9.65. The van der Waals surface area contributed by atoms with E-state index in [9.17, 15) is 9.18 Å². The van der Waals surface area contributed by atoms with Crippen LogP contribution in [-0.2, 0) is 0 Å². The van der Waals surface area contributed by atoms with Gasteiger partial charge in [0.25, 0.3) is 5.91 Å². The Morgan fingerprint density at radius 1 is 0.929 bits per heavy atom.